The zero-order valence-corrected chi connectivity index (χ0v) is 11.2. The van der Waals surface area contributed by atoms with Crippen LogP contribution in [0.1, 0.15) is 38.5 Å². The Morgan fingerprint density at radius 1 is 1.25 bits per heavy atom. The van der Waals surface area contributed by atoms with Gasteiger partial charge in [0.1, 0.15) is 5.52 Å². The summed E-state index contributed by atoms with van der Waals surface area (Å²) in [4.78, 5) is 14.6. The van der Waals surface area contributed by atoms with Gasteiger partial charge in [-0.1, -0.05) is 25.7 Å². The Labute approximate surface area is 116 Å². The second-order valence-corrected chi connectivity index (χ2v) is 5.26. The van der Waals surface area contributed by atoms with Crippen molar-refractivity contribution in [3.05, 3.63) is 28.3 Å². The van der Waals surface area contributed by atoms with Crippen LogP contribution >= 0.6 is 0 Å². The molecule has 1 N–H and O–H groups in total. The van der Waals surface area contributed by atoms with Gasteiger partial charge < -0.3 is 9.73 Å². The van der Waals surface area contributed by atoms with Gasteiger partial charge in [0.2, 0.25) is 0 Å². The molecule has 0 spiro atoms. The summed E-state index contributed by atoms with van der Waals surface area (Å²) in [6.07, 6.45) is 7.28. The molecule has 0 bridgehead atoms. The molecular weight excluding hydrogens is 258 g/mol. The van der Waals surface area contributed by atoms with Gasteiger partial charge in [0.05, 0.1) is 4.92 Å². The van der Waals surface area contributed by atoms with Gasteiger partial charge in [0.15, 0.2) is 5.58 Å². The number of benzene rings is 1. The van der Waals surface area contributed by atoms with E-state index in [-0.39, 0.29) is 5.69 Å². The number of anilines is 1. The van der Waals surface area contributed by atoms with Crippen LogP contribution in [0.4, 0.5) is 11.7 Å². The van der Waals surface area contributed by atoms with E-state index in [4.69, 9.17) is 4.42 Å². The number of nitro groups is 1. The number of aromatic nitrogens is 1. The van der Waals surface area contributed by atoms with Crippen LogP contribution in [0.25, 0.3) is 11.1 Å². The van der Waals surface area contributed by atoms with Gasteiger partial charge >= 0.3 is 0 Å². The Morgan fingerprint density at radius 3 is 2.70 bits per heavy atom. The molecule has 0 radical (unpaired) electrons. The van der Waals surface area contributed by atoms with Crippen LogP contribution in [0.2, 0.25) is 0 Å². The minimum Gasteiger partial charge on any atom is -0.424 e. The normalized spacial score (nSPS) is 17.0. The molecule has 1 aromatic carbocycles. The first-order valence-electron chi connectivity index (χ1n) is 7.04. The predicted octanol–water partition coefficient (Wildman–Crippen LogP) is 3.87. The molecule has 0 atom stereocenters. The SMILES string of the molecule is O=[N+]([O-])c1ccc2oc(NC3CCCCCC3)nc2c1. The molecule has 6 nitrogen and oxygen atoms in total. The highest BCUT2D eigenvalue weighted by atomic mass is 16.6. The molecular formula is C14H17N3O3. The molecule has 20 heavy (non-hydrogen) atoms. The van der Waals surface area contributed by atoms with Crippen LogP contribution in [-0.4, -0.2) is 15.9 Å². The number of non-ortho nitro benzene ring substituents is 1. The molecule has 106 valence electrons. The molecule has 3 rings (SSSR count). The summed E-state index contributed by atoms with van der Waals surface area (Å²) in [6, 6.07) is 5.33. The number of nitrogens with zero attached hydrogens (tertiary/aromatic N) is 2. The molecule has 1 fully saturated rings. The maximum atomic E-state index is 10.7. The summed E-state index contributed by atoms with van der Waals surface area (Å²) < 4.78 is 5.60. The summed E-state index contributed by atoms with van der Waals surface area (Å²) in [5.74, 6) is 0. The topological polar surface area (TPSA) is 81.2 Å². The third kappa shape index (κ3) is 2.74. The molecule has 0 amide bonds. The molecule has 1 saturated carbocycles. The van der Waals surface area contributed by atoms with E-state index in [1.54, 1.807) is 6.07 Å². The molecule has 1 aliphatic carbocycles. The smallest absolute Gasteiger partial charge is 0.295 e. The van der Waals surface area contributed by atoms with Crippen LogP contribution in [0.3, 0.4) is 0 Å². The van der Waals surface area contributed by atoms with Crippen LogP contribution < -0.4 is 5.32 Å². The van der Waals surface area contributed by atoms with E-state index < -0.39 is 4.92 Å². The first kappa shape index (κ1) is 12.9. The van der Waals surface area contributed by atoms with Crippen LogP contribution in [0, 0.1) is 10.1 Å². The molecule has 1 heterocycles. The molecule has 1 aliphatic rings. The fourth-order valence-electron chi connectivity index (χ4n) is 2.69. The Morgan fingerprint density at radius 2 is 2.00 bits per heavy atom. The molecule has 1 aromatic heterocycles. The third-order valence-corrected chi connectivity index (χ3v) is 3.76. The Bertz CT molecular complexity index is 615. The van der Waals surface area contributed by atoms with E-state index >= 15 is 0 Å². The van der Waals surface area contributed by atoms with Gasteiger partial charge in [0.25, 0.3) is 11.7 Å². The van der Waals surface area contributed by atoms with Crippen LogP contribution in [-0.2, 0) is 0 Å². The second-order valence-electron chi connectivity index (χ2n) is 5.26. The molecule has 0 unspecified atom stereocenters. The van der Waals surface area contributed by atoms with Gasteiger partial charge in [-0.25, -0.2) is 0 Å². The summed E-state index contributed by atoms with van der Waals surface area (Å²) in [5, 5.41) is 14.0. The number of rotatable bonds is 3. The highest BCUT2D eigenvalue weighted by Crippen LogP contribution is 2.26. The van der Waals surface area contributed by atoms with Gasteiger partial charge in [-0.15, -0.1) is 0 Å². The fraction of sp³-hybridized carbons (Fsp3) is 0.500. The summed E-state index contributed by atoms with van der Waals surface area (Å²) in [5.41, 5.74) is 1.13. The van der Waals surface area contributed by atoms with Crippen molar-refractivity contribution >= 4 is 22.8 Å². The Hall–Kier alpha value is -2.11. The van der Waals surface area contributed by atoms with Crippen molar-refractivity contribution in [3.63, 3.8) is 0 Å². The molecule has 0 aliphatic heterocycles. The van der Waals surface area contributed by atoms with Crippen molar-refractivity contribution in [1.82, 2.24) is 4.98 Å². The third-order valence-electron chi connectivity index (χ3n) is 3.76. The quantitative estimate of drug-likeness (QED) is 0.522. The summed E-state index contributed by atoms with van der Waals surface area (Å²) >= 11 is 0. The average Bonchev–Trinajstić information content (AvgIpc) is 2.64. The standard InChI is InChI=1S/C14H17N3O3/c18-17(19)11-7-8-13-12(9-11)16-14(20-13)15-10-5-3-1-2-4-6-10/h7-10H,1-6H2,(H,15,16). The van der Waals surface area contributed by atoms with E-state index in [0.717, 1.165) is 12.8 Å². The number of fused-ring (bicyclic) bond motifs is 1. The first-order valence-corrected chi connectivity index (χ1v) is 7.04. The van der Waals surface area contributed by atoms with Gasteiger partial charge in [-0.3, -0.25) is 10.1 Å². The van der Waals surface area contributed by atoms with Crippen LogP contribution in [0.5, 0.6) is 0 Å². The zero-order chi connectivity index (χ0) is 13.9. The van der Waals surface area contributed by atoms with Crippen molar-refractivity contribution in [2.45, 2.75) is 44.6 Å². The van der Waals surface area contributed by atoms with E-state index in [1.165, 1.54) is 37.8 Å². The van der Waals surface area contributed by atoms with Gasteiger partial charge in [0, 0.05) is 18.2 Å². The lowest BCUT2D eigenvalue weighted by molar-refractivity contribution is -0.384. The lowest BCUT2D eigenvalue weighted by Gasteiger charge is -2.13. The minimum absolute atomic E-state index is 0.0341. The number of nitrogens with one attached hydrogen (secondary N) is 1. The monoisotopic (exact) mass is 275 g/mol. The maximum Gasteiger partial charge on any atom is 0.295 e. The molecule has 0 saturated heterocycles. The van der Waals surface area contributed by atoms with Crippen molar-refractivity contribution in [2.24, 2.45) is 0 Å². The highest BCUT2D eigenvalue weighted by molar-refractivity contribution is 5.77. The van der Waals surface area contributed by atoms with Crippen molar-refractivity contribution < 1.29 is 9.34 Å². The number of nitro benzene ring substituents is 1. The lowest BCUT2D eigenvalue weighted by Crippen LogP contribution is -2.18. The van der Waals surface area contributed by atoms with E-state index in [1.807, 2.05) is 0 Å². The summed E-state index contributed by atoms with van der Waals surface area (Å²) in [7, 11) is 0. The Balaban J connectivity index is 1.79. The predicted molar refractivity (Wildman–Crippen MR) is 75.8 cm³/mol. The fourth-order valence-corrected chi connectivity index (χ4v) is 2.69. The highest BCUT2D eigenvalue weighted by Gasteiger charge is 2.16. The number of oxazole rings is 1. The largest absolute Gasteiger partial charge is 0.424 e. The summed E-state index contributed by atoms with van der Waals surface area (Å²) in [6.45, 7) is 0. The van der Waals surface area contributed by atoms with E-state index in [0.29, 0.717) is 23.2 Å². The van der Waals surface area contributed by atoms with Crippen molar-refractivity contribution in [3.8, 4) is 0 Å². The van der Waals surface area contributed by atoms with E-state index in [2.05, 4.69) is 10.3 Å². The van der Waals surface area contributed by atoms with Crippen molar-refractivity contribution in [2.75, 3.05) is 5.32 Å². The molecule has 2 aromatic rings. The van der Waals surface area contributed by atoms with Gasteiger partial charge in [-0.05, 0) is 18.9 Å². The van der Waals surface area contributed by atoms with Crippen molar-refractivity contribution in [1.29, 1.82) is 0 Å². The molecule has 6 heteroatoms. The average molecular weight is 275 g/mol. The first-order chi connectivity index (χ1) is 9.72. The zero-order valence-electron chi connectivity index (χ0n) is 11.2. The second kappa shape index (κ2) is 5.48. The Kier molecular flexibility index (Phi) is 3.54. The maximum absolute atomic E-state index is 10.7. The van der Waals surface area contributed by atoms with Gasteiger partial charge in [-0.2, -0.15) is 4.98 Å². The number of hydrogen-bond donors (Lipinski definition) is 1. The van der Waals surface area contributed by atoms with E-state index in [9.17, 15) is 10.1 Å². The van der Waals surface area contributed by atoms with Crippen LogP contribution in [0.15, 0.2) is 22.6 Å². The minimum atomic E-state index is -0.424. The lowest BCUT2D eigenvalue weighted by atomic mass is 10.1. The number of hydrogen-bond acceptors (Lipinski definition) is 5.